The zero-order valence-electron chi connectivity index (χ0n) is 17.1. The quantitative estimate of drug-likeness (QED) is 0.752. The van der Waals surface area contributed by atoms with E-state index in [4.69, 9.17) is 4.52 Å². The van der Waals surface area contributed by atoms with Crippen molar-refractivity contribution in [1.82, 2.24) is 15.0 Å². The van der Waals surface area contributed by atoms with Crippen molar-refractivity contribution in [1.29, 1.82) is 0 Å². The molecule has 1 aliphatic rings. The molecule has 0 spiro atoms. The predicted molar refractivity (Wildman–Crippen MR) is 111 cm³/mol. The fourth-order valence-corrected chi connectivity index (χ4v) is 3.81. The zero-order chi connectivity index (χ0) is 19.8. The van der Waals surface area contributed by atoms with Crippen LogP contribution in [-0.4, -0.2) is 53.1 Å². The monoisotopic (exact) mass is 384 g/mol. The second kappa shape index (κ2) is 10.4. The van der Waals surface area contributed by atoms with Gasteiger partial charge in [-0.2, -0.15) is 0 Å². The van der Waals surface area contributed by atoms with E-state index in [1.54, 1.807) is 6.07 Å². The van der Waals surface area contributed by atoms with Crippen molar-refractivity contribution in [3.05, 3.63) is 47.7 Å². The highest BCUT2D eigenvalue weighted by Gasteiger charge is 2.28. The van der Waals surface area contributed by atoms with Crippen molar-refractivity contribution in [3.8, 4) is 0 Å². The third kappa shape index (κ3) is 5.91. The first-order valence-corrected chi connectivity index (χ1v) is 10.4. The molecule has 1 aromatic carbocycles. The maximum Gasteiger partial charge on any atom is 0.242 e. The van der Waals surface area contributed by atoms with Crippen LogP contribution in [0.25, 0.3) is 0 Å². The van der Waals surface area contributed by atoms with Gasteiger partial charge >= 0.3 is 0 Å². The number of aryl methyl sites for hydroxylation is 1. The molecular weight excluding hydrogens is 352 g/mol. The third-order valence-corrected chi connectivity index (χ3v) is 5.33. The Kier molecular flexibility index (Phi) is 7.62. The number of amides is 1. The fraction of sp³-hybridized carbons (Fsp3) is 0.545. The van der Waals surface area contributed by atoms with Gasteiger partial charge in [0.05, 0.1) is 6.04 Å². The number of rotatable bonds is 8. The maximum absolute atomic E-state index is 13.0. The predicted octanol–water partition coefficient (Wildman–Crippen LogP) is 3.69. The van der Waals surface area contributed by atoms with Crippen LogP contribution in [0.3, 0.4) is 0 Å². The molecule has 1 saturated heterocycles. The molecule has 1 N–H and O–H groups in total. The average Bonchev–Trinajstić information content (AvgIpc) is 2.96. The van der Waals surface area contributed by atoms with Gasteiger partial charge in [0.15, 0.2) is 5.82 Å². The summed E-state index contributed by atoms with van der Waals surface area (Å²) in [5.41, 5.74) is 1.35. The van der Waals surface area contributed by atoms with Gasteiger partial charge in [0.25, 0.3) is 0 Å². The van der Waals surface area contributed by atoms with Gasteiger partial charge in [0.1, 0.15) is 5.76 Å². The first-order chi connectivity index (χ1) is 13.7. The Balaban J connectivity index is 1.60. The molecule has 6 heteroatoms. The van der Waals surface area contributed by atoms with Gasteiger partial charge in [0, 0.05) is 32.2 Å². The first kappa shape index (κ1) is 20.6. The normalized spacial score (nSPS) is 17.2. The molecule has 0 aliphatic carbocycles. The molecule has 1 amide bonds. The van der Waals surface area contributed by atoms with E-state index in [0.717, 1.165) is 58.4 Å². The lowest BCUT2D eigenvalue weighted by Crippen LogP contribution is -2.45. The molecule has 0 saturated carbocycles. The Bertz CT molecular complexity index is 731. The molecular formula is C22H32N4O2. The summed E-state index contributed by atoms with van der Waals surface area (Å²) in [6, 6.07) is 12.3. The third-order valence-electron chi connectivity index (χ3n) is 5.33. The van der Waals surface area contributed by atoms with Crippen molar-refractivity contribution in [2.75, 3.05) is 31.5 Å². The summed E-state index contributed by atoms with van der Waals surface area (Å²) in [6.07, 6.45) is 4.07. The molecule has 1 aromatic heterocycles. The van der Waals surface area contributed by atoms with Gasteiger partial charge in [0.2, 0.25) is 5.91 Å². The minimum atomic E-state index is -0.117. The van der Waals surface area contributed by atoms with Crippen LogP contribution < -0.4 is 5.32 Å². The Morgan fingerprint density at radius 2 is 2.04 bits per heavy atom. The van der Waals surface area contributed by atoms with Gasteiger partial charge in [-0.05, 0) is 31.9 Å². The summed E-state index contributed by atoms with van der Waals surface area (Å²) in [6.45, 7) is 8.87. The van der Waals surface area contributed by atoms with Crippen molar-refractivity contribution >= 4 is 11.7 Å². The molecule has 1 aliphatic heterocycles. The molecule has 0 bridgehead atoms. The number of hydrogen-bond donors (Lipinski definition) is 1. The minimum absolute atomic E-state index is 0.0262. The summed E-state index contributed by atoms with van der Waals surface area (Å²) in [5.74, 6) is 1.23. The fourth-order valence-electron chi connectivity index (χ4n) is 3.81. The lowest BCUT2D eigenvalue weighted by Gasteiger charge is -2.29. The van der Waals surface area contributed by atoms with E-state index < -0.39 is 0 Å². The van der Waals surface area contributed by atoms with Crippen LogP contribution >= 0.6 is 0 Å². The van der Waals surface area contributed by atoms with Crippen LogP contribution in [0.2, 0.25) is 0 Å². The summed E-state index contributed by atoms with van der Waals surface area (Å²) in [4.78, 5) is 17.8. The highest BCUT2D eigenvalue weighted by molar-refractivity contribution is 5.94. The number of hydrogen-bond acceptors (Lipinski definition) is 5. The molecule has 1 unspecified atom stereocenters. The van der Waals surface area contributed by atoms with E-state index in [2.05, 4.69) is 57.5 Å². The Labute approximate surface area is 167 Å². The standard InChI is InChI=1S/C22H32N4O2/c1-3-4-11-20(22(27)23-21-16-18(2)28-24-21)26-13-8-12-25(14-15-26)17-19-9-6-5-7-10-19/h5-7,9-10,16,20H,3-4,8,11-15,17H2,1-2H3,(H,23,24,27). The van der Waals surface area contributed by atoms with Crippen LogP contribution in [0.1, 0.15) is 43.9 Å². The number of carbonyl (C=O) groups is 1. The summed E-state index contributed by atoms with van der Waals surface area (Å²) < 4.78 is 5.08. The van der Waals surface area contributed by atoms with E-state index in [0.29, 0.717) is 11.6 Å². The molecule has 6 nitrogen and oxygen atoms in total. The molecule has 3 rings (SSSR count). The second-order valence-corrected chi connectivity index (χ2v) is 7.62. The number of anilines is 1. The SMILES string of the molecule is CCCCC(C(=O)Nc1cc(C)on1)N1CCCN(Cc2ccccc2)CC1. The maximum atomic E-state index is 13.0. The van der Waals surface area contributed by atoms with Crippen LogP contribution in [0.15, 0.2) is 40.9 Å². The summed E-state index contributed by atoms with van der Waals surface area (Å²) >= 11 is 0. The lowest BCUT2D eigenvalue weighted by atomic mass is 10.1. The number of carbonyl (C=O) groups excluding carboxylic acids is 1. The van der Waals surface area contributed by atoms with E-state index in [9.17, 15) is 4.79 Å². The largest absolute Gasteiger partial charge is 0.360 e. The van der Waals surface area contributed by atoms with E-state index in [1.807, 2.05) is 6.92 Å². The molecule has 1 atom stereocenters. The van der Waals surface area contributed by atoms with E-state index in [-0.39, 0.29) is 11.9 Å². The molecule has 0 radical (unpaired) electrons. The first-order valence-electron chi connectivity index (χ1n) is 10.4. The van der Waals surface area contributed by atoms with Crippen molar-refractivity contribution in [3.63, 3.8) is 0 Å². The Morgan fingerprint density at radius 1 is 1.21 bits per heavy atom. The lowest BCUT2D eigenvalue weighted by molar-refractivity contribution is -0.121. The van der Waals surface area contributed by atoms with Crippen LogP contribution in [0, 0.1) is 6.92 Å². The Hall–Kier alpha value is -2.18. The van der Waals surface area contributed by atoms with Crippen LogP contribution in [-0.2, 0) is 11.3 Å². The summed E-state index contributed by atoms with van der Waals surface area (Å²) in [7, 11) is 0. The van der Waals surface area contributed by atoms with Crippen LogP contribution in [0.5, 0.6) is 0 Å². The zero-order valence-corrected chi connectivity index (χ0v) is 17.1. The van der Waals surface area contributed by atoms with Crippen LogP contribution in [0.4, 0.5) is 5.82 Å². The molecule has 28 heavy (non-hydrogen) atoms. The molecule has 1 fully saturated rings. The number of aromatic nitrogens is 1. The number of unbranched alkanes of at least 4 members (excludes halogenated alkanes) is 1. The number of nitrogens with zero attached hydrogens (tertiary/aromatic N) is 3. The van der Waals surface area contributed by atoms with Gasteiger partial charge in [-0.25, -0.2) is 0 Å². The molecule has 2 heterocycles. The second-order valence-electron chi connectivity index (χ2n) is 7.62. The van der Waals surface area contributed by atoms with E-state index in [1.165, 1.54) is 5.56 Å². The molecule has 2 aromatic rings. The minimum Gasteiger partial charge on any atom is -0.360 e. The van der Waals surface area contributed by atoms with Gasteiger partial charge < -0.3 is 9.84 Å². The van der Waals surface area contributed by atoms with Gasteiger partial charge in [-0.15, -0.1) is 0 Å². The number of nitrogens with one attached hydrogen (secondary N) is 1. The Morgan fingerprint density at radius 3 is 2.75 bits per heavy atom. The topological polar surface area (TPSA) is 61.6 Å². The number of benzene rings is 1. The highest BCUT2D eigenvalue weighted by atomic mass is 16.5. The average molecular weight is 385 g/mol. The van der Waals surface area contributed by atoms with Crippen molar-refractivity contribution in [2.45, 2.75) is 52.1 Å². The van der Waals surface area contributed by atoms with Crippen molar-refractivity contribution in [2.24, 2.45) is 0 Å². The van der Waals surface area contributed by atoms with Gasteiger partial charge in [-0.1, -0.05) is 55.3 Å². The summed E-state index contributed by atoms with van der Waals surface area (Å²) in [5, 5.41) is 6.85. The van der Waals surface area contributed by atoms with Crippen molar-refractivity contribution < 1.29 is 9.32 Å². The smallest absolute Gasteiger partial charge is 0.242 e. The molecule has 152 valence electrons. The van der Waals surface area contributed by atoms with Gasteiger partial charge in [-0.3, -0.25) is 14.6 Å². The highest BCUT2D eigenvalue weighted by Crippen LogP contribution is 2.17. The van der Waals surface area contributed by atoms with E-state index >= 15 is 0 Å².